The van der Waals surface area contributed by atoms with E-state index in [4.69, 9.17) is 76.9 Å². The fourth-order valence-corrected chi connectivity index (χ4v) is 15.8. The maximum Gasteiger partial charge on any atom is 0.310 e. The van der Waals surface area contributed by atoms with Gasteiger partial charge in [-0.25, -0.2) is 0 Å². The van der Waals surface area contributed by atoms with Gasteiger partial charge in [-0.2, -0.15) is 5.48 Å². The molecule has 7 rings (SSSR count). The van der Waals surface area contributed by atoms with E-state index in [9.17, 15) is 44.7 Å². The molecule has 8 N–H and O–H groups in total. The Morgan fingerprint density at radius 3 is 2.24 bits per heavy atom. The number of hydroxylamine groups is 1. The molecular weight excluding hydrogens is 1450 g/mol. The Bertz CT molecular complexity index is 3080. The van der Waals surface area contributed by atoms with Crippen LogP contribution in [0.1, 0.15) is 96.0 Å². The predicted octanol–water partition coefficient (Wildman–Crippen LogP) is 3.63. The number of rotatable bonds is 34. The second-order valence-electron chi connectivity index (χ2n) is 24.3. The number of ketones is 2. The molecule has 27 nitrogen and oxygen atoms in total. The molecule has 0 radical (unpaired) electrons. The van der Waals surface area contributed by atoms with Crippen molar-refractivity contribution in [1.82, 2.24) is 10.4 Å². The SMILES string of the molecule is CCN(CC(=O)CCCOCCOCCN)[C@H]1CO[C@@H](O[C@H]2[C@H](O[C@H]3C#C/C=C\C#C[C@]4(O)CC(=O)C(CC(=O)OC)=C3/C4=C\CSSC(C)C)O[C@H](C)[C@@H](NO[C@H]3C[C@H](O)[C@H](SC(=O)c4c(C)c(I)c(O[C@@H]5O[C@@H](C)[C@H](O)[C@@H](OC)[C@H]5O)c(OC)c4OC)[C@@H](C)O3)[C@@H]2O)C[C@@H]1OC. The third kappa shape index (κ3) is 20.9. The monoisotopic (exact) mass is 1550 g/mol. The number of Topliss-reactive ketones (excluding diaryl/α,β-unsaturated/α-hetero) is 2. The Hall–Kier alpha value is -3.54. The average Bonchev–Trinajstić information content (AvgIpc) is 0.760. The number of likely N-dealkylation sites (N-methyl/N-ethyl adjacent to an activating group) is 1. The number of halogens is 1. The maximum atomic E-state index is 14.6. The van der Waals surface area contributed by atoms with Crippen LogP contribution < -0.4 is 25.4 Å². The second kappa shape index (κ2) is 39.4. The van der Waals surface area contributed by atoms with Crippen molar-refractivity contribution < 1.29 is 116 Å². The van der Waals surface area contributed by atoms with Gasteiger partial charge in [0.15, 0.2) is 41.8 Å². The first kappa shape index (κ1) is 81.8. The number of hydrogen-bond donors (Lipinski definition) is 7. The zero-order chi connectivity index (χ0) is 71.5. The van der Waals surface area contributed by atoms with Crippen LogP contribution in [-0.4, -0.2) is 268 Å². The number of ether oxygens (including phenoxy) is 14. The third-order valence-electron chi connectivity index (χ3n) is 17.3. The van der Waals surface area contributed by atoms with Crippen LogP contribution in [0.2, 0.25) is 0 Å². The minimum Gasteiger partial charge on any atom is -0.492 e. The number of hydrogen-bond acceptors (Lipinski definition) is 30. The molecule has 4 fully saturated rings. The number of carbonyl (C=O) groups excluding carboxylic acids is 4. The van der Waals surface area contributed by atoms with Crippen molar-refractivity contribution in [2.45, 2.75) is 207 Å². The standard InChI is InChI=1S/C67H96IN3O24S3/c1-13-71(33-40(72)19-18-24-86-26-27-87-25-23-69)43-34-88-49(31-47(43)81-8)93-61-56(77)54(37(5)90-66(61)92-46-20-16-14-15-17-22-67(80)32-45(74)41(29-48(75)82-9)52(46)42(67)21-28-96-98-35(2)3)70-95-50-30-44(73)63(39(7)89-50)97-64(79)51-36(4)53(68)59(62(85-12)58(51)83-10)94-65-57(78)60(84-11)55(76)38(6)91-65/h14-15,21,35,37-39,43-44,46-47,49-50,54-57,60-61,63,65-66,70,73,76-78,80H,13,18-19,23-34,69H2,1-12H3/b15-14-,42-21+/t37-,38+,39-,43+,44+,46+,47+,49+,50+,54-,55+,56+,57-,60-,61-,63-,65+,66+,67+/m1/s1. The summed E-state index contributed by atoms with van der Waals surface area (Å²) in [5.74, 6) is 10.8. The number of nitrogens with zero attached hydrogens (tertiary/aromatic N) is 1. The smallest absolute Gasteiger partial charge is 0.310 e. The number of benzene rings is 1. The highest BCUT2D eigenvalue weighted by atomic mass is 127. The summed E-state index contributed by atoms with van der Waals surface area (Å²) in [7, 11) is 9.91. The van der Waals surface area contributed by atoms with Crippen LogP contribution in [0.5, 0.6) is 17.2 Å². The molecule has 0 unspecified atom stereocenters. The van der Waals surface area contributed by atoms with Crippen molar-refractivity contribution in [3.63, 3.8) is 0 Å². The molecule has 2 bridgehead atoms. The van der Waals surface area contributed by atoms with Gasteiger partial charge in [-0.3, -0.25) is 28.9 Å². The van der Waals surface area contributed by atoms with Crippen LogP contribution in [0.25, 0.3) is 0 Å². The number of nitrogens with two attached hydrogens (primary N) is 1. The minimum atomic E-state index is -2.06. The summed E-state index contributed by atoms with van der Waals surface area (Å²) in [6.45, 7) is 15.3. The van der Waals surface area contributed by atoms with Gasteiger partial charge in [-0.15, -0.1) is 0 Å². The van der Waals surface area contributed by atoms with Crippen LogP contribution in [0, 0.1) is 34.2 Å². The lowest BCUT2D eigenvalue weighted by atomic mass is 9.72. The largest absolute Gasteiger partial charge is 0.492 e. The summed E-state index contributed by atoms with van der Waals surface area (Å²) in [4.78, 5) is 63.7. The first-order valence-corrected chi connectivity index (χ1v) is 37.0. The van der Waals surface area contributed by atoms with Crippen molar-refractivity contribution in [3.05, 3.63) is 49.6 Å². The molecule has 4 saturated heterocycles. The van der Waals surface area contributed by atoms with E-state index in [-0.39, 0.29) is 83.0 Å². The summed E-state index contributed by atoms with van der Waals surface area (Å²) >= 11 is 2.81. The highest BCUT2D eigenvalue weighted by Crippen LogP contribution is 2.49. The fourth-order valence-electron chi connectivity index (χ4n) is 12.2. The van der Waals surface area contributed by atoms with Crippen LogP contribution in [-0.2, 0) is 71.3 Å². The highest BCUT2D eigenvalue weighted by Gasteiger charge is 2.52. The summed E-state index contributed by atoms with van der Waals surface area (Å²) in [5, 5.41) is 57.7. The van der Waals surface area contributed by atoms with E-state index in [0.29, 0.717) is 60.8 Å². The van der Waals surface area contributed by atoms with Crippen molar-refractivity contribution >= 4 is 78.6 Å². The lowest BCUT2D eigenvalue weighted by Crippen LogP contribution is -2.65. The van der Waals surface area contributed by atoms with Gasteiger partial charge in [0.1, 0.15) is 42.4 Å². The Balaban J connectivity index is 1.13. The van der Waals surface area contributed by atoms with Crippen LogP contribution in [0.15, 0.2) is 34.9 Å². The van der Waals surface area contributed by atoms with Crippen molar-refractivity contribution in [3.8, 4) is 40.9 Å². The lowest BCUT2D eigenvalue weighted by molar-refractivity contribution is -0.337. The van der Waals surface area contributed by atoms with Gasteiger partial charge in [-0.1, -0.05) is 83.9 Å². The zero-order valence-electron chi connectivity index (χ0n) is 57.4. The van der Waals surface area contributed by atoms with E-state index in [2.05, 4.69) is 29.2 Å². The molecule has 0 spiro atoms. The topological polar surface area (TPSA) is 349 Å². The number of fused-ring (bicyclic) bond motifs is 2. The molecular formula is C67H96IN3O24S3. The fraction of sp³-hybridized carbons (Fsp3) is 0.701. The molecule has 2 aliphatic carbocycles. The Morgan fingerprint density at radius 1 is 0.867 bits per heavy atom. The van der Waals surface area contributed by atoms with E-state index in [1.807, 2.05) is 48.3 Å². The molecule has 1 aromatic carbocycles. The molecule has 0 saturated carbocycles. The quantitative estimate of drug-likeness (QED) is 0.0129. The summed E-state index contributed by atoms with van der Waals surface area (Å²) in [6, 6.07) is -1.54. The minimum absolute atomic E-state index is 0.00370. The number of allylic oxidation sites excluding steroid dienone is 2. The molecule has 0 aromatic heterocycles. The van der Waals surface area contributed by atoms with E-state index in [0.717, 1.165) is 11.8 Å². The van der Waals surface area contributed by atoms with Crippen LogP contribution in [0.4, 0.5) is 0 Å². The Kier molecular flexibility index (Phi) is 32.8. The van der Waals surface area contributed by atoms with Crippen molar-refractivity contribution in [1.29, 1.82) is 0 Å². The van der Waals surface area contributed by atoms with E-state index in [1.54, 1.807) is 51.7 Å². The molecule has 0 amide bonds. The van der Waals surface area contributed by atoms with E-state index in [1.165, 1.54) is 51.4 Å². The van der Waals surface area contributed by atoms with Crippen LogP contribution >= 0.6 is 55.9 Å². The van der Waals surface area contributed by atoms with Crippen molar-refractivity contribution in [2.75, 3.05) is 94.0 Å². The maximum absolute atomic E-state index is 14.6. The third-order valence-corrected chi connectivity index (χ3v) is 22.8. The first-order chi connectivity index (χ1) is 46.9. The molecule has 4 heterocycles. The van der Waals surface area contributed by atoms with Gasteiger partial charge in [-0.05, 0) is 81.0 Å². The number of aliphatic hydroxyl groups is 5. The summed E-state index contributed by atoms with van der Waals surface area (Å²) in [5.41, 5.74) is 7.12. The summed E-state index contributed by atoms with van der Waals surface area (Å²) in [6.07, 6.45) is -13.2. The average molecular weight is 1550 g/mol. The van der Waals surface area contributed by atoms with Gasteiger partial charge < -0.3 is 97.6 Å². The highest BCUT2D eigenvalue weighted by molar-refractivity contribution is 14.1. The number of carbonyl (C=O) groups is 4. The number of esters is 1. The van der Waals surface area contributed by atoms with Gasteiger partial charge in [0.2, 0.25) is 17.2 Å². The summed E-state index contributed by atoms with van der Waals surface area (Å²) < 4.78 is 84.8. The first-order valence-electron chi connectivity index (χ1n) is 32.6. The van der Waals surface area contributed by atoms with Gasteiger partial charge in [0.25, 0.3) is 0 Å². The van der Waals surface area contributed by atoms with Gasteiger partial charge in [0, 0.05) is 74.4 Å². The molecule has 4 aliphatic heterocycles. The Morgan fingerprint density at radius 2 is 1.58 bits per heavy atom. The second-order valence-corrected chi connectivity index (χ2v) is 29.6. The predicted molar refractivity (Wildman–Crippen MR) is 371 cm³/mol. The van der Waals surface area contributed by atoms with Crippen molar-refractivity contribution in [2.24, 2.45) is 5.73 Å². The van der Waals surface area contributed by atoms with Gasteiger partial charge in [0.05, 0.1) is 124 Å². The van der Waals surface area contributed by atoms with E-state index >= 15 is 0 Å². The molecule has 31 heteroatoms. The number of thioether (sulfide) groups is 1. The number of nitrogens with one attached hydrogen (secondary N) is 1. The number of methoxy groups -OCH3 is 5. The van der Waals surface area contributed by atoms with E-state index < -0.39 is 145 Å². The number of aliphatic hydroxyl groups excluding tert-OH is 4. The normalized spacial score (nSPS) is 32.6. The molecule has 98 heavy (non-hydrogen) atoms. The van der Waals surface area contributed by atoms with Gasteiger partial charge >= 0.3 is 5.97 Å². The molecule has 6 aliphatic rings. The zero-order valence-corrected chi connectivity index (χ0v) is 62.0. The Labute approximate surface area is 599 Å². The molecule has 1 aromatic rings. The molecule has 548 valence electrons. The lowest BCUT2D eigenvalue weighted by Gasteiger charge is -2.47. The van der Waals surface area contributed by atoms with Crippen LogP contribution in [0.3, 0.4) is 0 Å². The molecule has 19 atom stereocenters.